The van der Waals surface area contributed by atoms with Crippen LogP contribution < -0.4 is 4.90 Å². The molecule has 7 nitrogen and oxygen atoms in total. The topological polar surface area (TPSA) is 93.1 Å². The average Bonchev–Trinajstić information content (AvgIpc) is 3.24. The maximum Gasteiger partial charge on any atom is 0.217 e. The van der Waals surface area contributed by atoms with E-state index in [-0.39, 0.29) is 12.6 Å². The van der Waals surface area contributed by atoms with Crippen LogP contribution in [0.3, 0.4) is 0 Å². The van der Waals surface area contributed by atoms with E-state index < -0.39 is 15.3 Å². The van der Waals surface area contributed by atoms with Crippen LogP contribution in [0.1, 0.15) is 36.2 Å². The van der Waals surface area contributed by atoms with Crippen LogP contribution in [0, 0.1) is 11.3 Å². The Hall–Kier alpha value is -3.15. The molecule has 1 aliphatic rings. The predicted octanol–water partition coefficient (Wildman–Crippen LogP) is 3.45. The lowest BCUT2D eigenvalue weighted by atomic mass is 10.1. The number of anilines is 1. The van der Waals surface area contributed by atoms with Crippen molar-refractivity contribution in [1.29, 1.82) is 5.26 Å². The fourth-order valence-corrected chi connectivity index (χ4v) is 5.59. The lowest BCUT2D eigenvalue weighted by Gasteiger charge is -2.33. The first-order chi connectivity index (χ1) is 15.4. The van der Waals surface area contributed by atoms with Gasteiger partial charge in [-0.2, -0.15) is 9.57 Å². The molecule has 0 radical (unpaired) electrons. The minimum atomic E-state index is -3.54. The van der Waals surface area contributed by atoms with Crippen molar-refractivity contribution in [2.45, 2.75) is 44.6 Å². The van der Waals surface area contributed by atoms with Crippen molar-refractivity contribution in [2.24, 2.45) is 0 Å². The highest BCUT2D eigenvalue weighted by molar-refractivity contribution is 7.89. The van der Waals surface area contributed by atoms with Crippen LogP contribution in [0.15, 0.2) is 61.1 Å². The Morgan fingerprint density at radius 2 is 2.00 bits per heavy atom. The molecule has 3 aromatic rings. The second-order valence-electron chi connectivity index (χ2n) is 8.38. The van der Waals surface area contributed by atoms with Crippen molar-refractivity contribution in [2.75, 3.05) is 11.4 Å². The van der Waals surface area contributed by atoms with E-state index in [1.165, 1.54) is 0 Å². The number of imidazole rings is 1. The highest BCUT2D eigenvalue weighted by atomic mass is 32.2. The number of hydrogen-bond donors (Lipinski definition) is 1. The second kappa shape index (κ2) is 9.15. The fraction of sp³-hybridized carbons (Fsp3) is 0.333. The van der Waals surface area contributed by atoms with Crippen molar-refractivity contribution in [1.82, 2.24) is 14.3 Å². The van der Waals surface area contributed by atoms with Crippen molar-refractivity contribution >= 4 is 15.7 Å². The first-order valence-electron chi connectivity index (χ1n) is 10.7. The maximum atomic E-state index is 13.5. The maximum absolute atomic E-state index is 13.5. The van der Waals surface area contributed by atoms with Gasteiger partial charge in [-0.15, -0.1) is 0 Å². The zero-order valence-corrected chi connectivity index (χ0v) is 19.1. The number of aromatic nitrogens is 2. The van der Waals surface area contributed by atoms with E-state index in [1.807, 2.05) is 42.6 Å². The van der Waals surface area contributed by atoms with Crippen LogP contribution in [-0.2, 0) is 29.5 Å². The van der Waals surface area contributed by atoms with Crippen LogP contribution in [0.2, 0.25) is 0 Å². The molecular formula is C24H27N5O2S. The Balaban J connectivity index is 1.81. The molecule has 0 spiro atoms. The largest absolute Gasteiger partial charge is 0.364 e. The van der Waals surface area contributed by atoms with Crippen LogP contribution in [0.25, 0.3) is 0 Å². The van der Waals surface area contributed by atoms with Gasteiger partial charge < -0.3 is 9.88 Å². The van der Waals surface area contributed by atoms with Gasteiger partial charge in [0.25, 0.3) is 0 Å². The molecule has 2 aromatic carbocycles. The molecule has 166 valence electrons. The van der Waals surface area contributed by atoms with Crippen molar-refractivity contribution in [3.05, 3.63) is 83.4 Å². The SMILES string of the molecule is CC(C)S(=O)(=O)N1Cc2cc(C#N)ccc2N(Cc2c[nH]cn2)CC1Cc1ccccc1. The van der Waals surface area contributed by atoms with E-state index in [0.717, 1.165) is 22.5 Å². The Morgan fingerprint density at radius 3 is 2.66 bits per heavy atom. The summed E-state index contributed by atoms with van der Waals surface area (Å²) in [5, 5.41) is 8.89. The van der Waals surface area contributed by atoms with E-state index in [0.29, 0.717) is 25.1 Å². The van der Waals surface area contributed by atoms with Gasteiger partial charge in [0.2, 0.25) is 10.0 Å². The van der Waals surface area contributed by atoms with Gasteiger partial charge in [-0.3, -0.25) is 0 Å². The summed E-state index contributed by atoms with van der Waals surface area (Å²) in [4.78, 5) is 9.54. The summed E-state index contributed by atoms with van der Waals surface area (Å²) >= 11 is 0. The number of hydrogen-bond acceptors (Lipinski definition) is 5. The first kappa shape index (κ1) is 22.1. The van der Waals surface area contributed by atoms with Gasteiger partial charge in [0.15, 0.2) is 0 Å². The quantitative estimate of drug-likeness (QED) is 0.622. The minimum Gasteiger partial charge on any atom is -0.364 e. The third-order valence-corrected chi connectivity index (χ3v) is 8.13. The molecule has 1 N–H and O–H groups in total. The van der Waals surface area contributed by atoms with Crippen LogP contribution >= 0.6 is 0 Å². The number of H-pyrrole nitrogens is 1. The molecule has 0 aliphatic carbocycles. The molecule has 0 saturated carbocycles. The van der Waals surface area contributed by atoms with Gasteiger partial charge >= 0.3 is 0 Å². The summed E-state index contributed by atoms with van der Waals surface area (Å²) in [5.41, 5.74) is 4.25. The predicted molar refractivity (Wildman–Crippen MR) is 124 cm³/mol. The monoisotopic (exact) mass is 449 g/mol. The van der Waals surface area contributed by atoms with Crippen LogP contribution in [0.5, 0.6) is 0 Å². The summed E-state index contributed by atoms with van der Waals surface area (Å²) in [5.74, 6) is 0. The number of rotatable bonds is 6. The Bertz CT molecular complexity index is 1200. The zero-order valence-electron chi connectivity index (χ0n) is 18.3. The molecule has 1 aromatic heterocycles. The summed E-state index contributed by atoms with van der Waals surface area (Å²) in [6, 6.07) is 17.4. The van der Waals surface area contributed by atoms with Gasteiger partial charge in [-0.1, -0.05) is 30.3 Å². The summed E-state index contributed by atoms with van der Waals surface area (Å²) < 4.78 is 28.5. The minimum absolute atomic E-state index is 0.236. The third kappa shape index (κ3) is 4.54. The van der Waals surface area contributed by atoms with Crippen molar-refractivity contribution in [3.8, 4) is 6.07 Å². The highest BCUT2D eigenvalue weighted by Gasteiger charge is 2.37. The van der Waals surface area contributed by atoms with Crippen molar-refractivity contribution < 1.29 is 8.42 Å². The van der Waals surface area contributed by atoms with Crippen LogP contribution in [0.4, 0.5) is 5.69 Å². The molecule has 4 rings (SSSR count). The molecule has 0 fully saturated rings. The molecular weight excluding hydrogens is 422 g/mol. The smallest absolute Gasteiger partial charge is 0.217 e. The van der Waals surface area contributed by atoms with Gasteiger partial charge in [-0.25, -0.2) is 13.4 Å². The van der Waals surface area contributed by atoms with E-state index in [2.05, 4.69) is 20.9 Å². The molecule has 2 heterocycles. The van der Waals surface area contributed by atoms with E-state index in [1.54, 1.807) is 36.6 Å². The summed E-state index contributed by atoms with van der Waals surface area (Å²) in [7, 11) is -3.54. The lowest BCUT2D eigenvalue weighted by Crippen LogP contribution is -2.47. The number of nitriles is 1. The number of sulfonamides is 1. The molecule has 8 heteroatoms. The lowest BCUT2D eigenvalue weighted by molar-refractivity contribution is 0.315. The third-order valence-electron chi connectivity index (χ3n) is 5.86. The number of fused-ring (bicyclic) bond motifs is 1. The zero-order chi connectivity index (χ0) is 22.7. The number of aromatic amines is 1. The van der Waals surface area contributed by atoms with Crippen molar-refractivity contribution in [3.63, 3.8) is 0 Å². The highest BCUT2D eigenvalue weighted by Crippen LogP contribution is 2.32. The molecule has 0 saturated heterocycles. The van der Waals surface area contributed by atoms with E-state index in [4.69, 9.17) is 0 Å². The fourth-order valence-electron chi connectivity index (χ4n) is 4.17. The normalized spacial score (nSPS) is 17.1. The van der Waals surface area contributed by atoms with Gasteiger partial charge in [0.1, 0.15) is 0 Å². The Labute approximate surface area is 189 Å². The summed E-state index contributed by atoms with van der Waals surface area (Å²) in [6.45, 7) is 4.73. The Morgan fingerprint density at radius 1 is 1.22 bits per heavy atom. The molecule has 0 amide bonds. The molecule has 1 atom stereocenters. The van der Waals surface area contributed by atoms with E-state index in [9.17, 15) is 13.7 Å². The molecule has 0 bridgehead atoms. The molecule has 32 heavy (non-hydrogen) atoms. The van der Waals surface area contributed by atoms with Gasteiger partial charge in [0.05, 0.1) is 35.4 Å². The molecule has 1 unspecified atom stereocenters. The standard InChI is InChI=1S/C24H27N5O2S/c1-18(2)32(30,31)29-14-21-10-20(12-25)8-9-24(21)28(15-22-13-26-17-27-22)16-23(29)11-19-6-4-3-5-7-19/h3-10,13,17-18,23H,11,14-16H2,1-2H3,(H,26,27). The van der Waals surface area contributed by atoms with Crippen LogP contribution in [-0.4, -0.2) is 40.5 Å². The van der Waals surface area contributed by atoms with Gasteiger partial charge in [-0.05, 0) is 49.6 Å². The number of nitrogens with zero attached hydrogens (tertiary/aromatic N) is 4. The Kier molecular flexibility index (Phi) is 6.31. The second-order valence-corrected chi connectivity index (χ2v) is 10.8. The van der Waals surface area contributed by atoms with Gasteiger partial charge in [0, 0.05) is 31.0 Å². The number of benzene rings is 2. The number of nitrogens with one attached hydrogen (secondary N) is 1. The first-order valence-corrected chi connectivity index (χ1v) is 12.2. The van der Waals surface area contributed by atoms with E-state index >= 15 is 0 Å². The average molecular weight is 450 g/mol. The molecule has 1 aliphatic heterocycles. The summed E-state index contributed by atoms with van der Waals surface area (Å²) in [6.07, 6.45) is 4.09.